The Kier molecular flexibility index (Phi) is 4.45. The Morgan fingerprint density at radius 2 is 2.00 bits per heavy atom. The van der Waals surface area contributed by atoms with E-state index < -0.39 is 0 Å². The van der Waals surface area contributed by atoms with Crippen LogP contribution in [0.4, 0.5) is 5.69 Å². The Labute approximate surface area is 99.2 Å². The number of hydrogen-bond donors (Lipinski definition) is 1. The highest BCUT2D eigenvalue weighted by Gasteiger charge is 1.94. The molecule has 1 N–H and O–H groups in total. The Bertz CT molecular complexity index is 273. The van der Waals surface area contributed by atoms with Crippen LogP contribution in [0.1, 0.15) is 0 Å². The third kappa shape index (κ3) is 3.37. The molecule has 0 amide bonds. The minimum atomic E-state index is 0.703. The van der Waals surface area contributed by atoms with Crippen molar-refractivity contribution in [3.63, 3.8) is 0 Å². The van der Waals surface area contributed by atoms with Crippen LogP contribution in [0.25, 0.3) is 0 Å². The highest BCUT2D eigenvalue weighted by Crippen LogP contribution is 2.11. The maximum Gasteiger partial charge on any atom is 0.0904 e. The Morgan fingerprint density at radius 1 is 1.42 bits per heavy atom. The number of halogens is 2. The monoisotopic (exact) mass is 355 g/mol. The summed E-state index contributed by atoms with van der Waals surface area (Å²) >= 11 is 10.6. The summed E-state index contributed by atoms with van der Waals surface area (Å²) in [5.41, 5.74) is 1.04. The fraction of sp³-hybridized carbons (Fsp3) is 0.125. The molecule has 1 nitrogen and oxygen atoms in total. The van der Waals surface area contributed by atoms with Crippen molar-refractivity contribution >= 4 is 61.4 Å². The zero-order valence-corrected chi connectivity index (χ0v) is 10.7. The minimum Gasteiger partial charge on any atom is -0.349 e. The molecular weight excluding hydrogens is 349 g/mol. The van der Waals surface area contributed by atoms with Crippen molar-refractivity contribution in [1.82, 2.24) is 0 Å². The van der Waals surface area contributed by atoms with Crippen LogP contribution in [0.2, 0.25) is 0 Å². The predicted molar refractivity (Wildman–Crippen MR) is 69.2 cm³/mol. The molecule has 0 saturated heterocycles. The van der Waals surface area contributed by atoms with E-state index in [2.05, 4.69) is 43.8 Å². The van der Waals surface area contributed by atoms with Gasteiger partial charge in [0, 0.05) is 9.26 Å². The lowest BCUT2D eigenvalue weighted by atomic mass is 10.3. The number of benzene rings is 1. The SMILES string of the molecule is S=C(CBr)Nc1ccc(I)cc1. The first-order valence-electron chi connectivity index (χ1n) is 3.34. The first-order valence-corrected chi connectivity index (χ1v) is 5.94. The van der Waals surface area contributed by atoms with Gasteiger partial charge in [-0.2, -0.15) is 0 Å². The molecule has 0 aliphatic carbocycles. The standard InChI is InChI=1S/C8H7BrINS/c9-5-8(12)11-7-3-1-6(10)2-4-7/h1-4H,5H2,(H,11,12). The molecule has 0 heterocycles. The van der Waals surface area contributed by atoms with Gasteiger partial charge in [-0.3, -0.25) is 0 Å². The molecule has 0 saturated carbocycles. The van der Waals surface area contributed by atoms with Gasteiger partial charge in [0.1, 0.15) is 0 Å². The highest BCUT2D eigenvalue weighted by atomic mass is 127. The second kappa shape index (κ2) is 5.14. The van der Waals surface area contributed by atoms with E-state index in [1.807, 2.05) is 24.3 Å². The van der Waals surface area contributed by atoms with Gasteiger partial charge >= 0.3 is 0 Å². The first kappa shape index (κ1) is 10.4. The number of hydrogen-bond acceptors (Lipinski definition) is 1. The highest BCUT2D eigenvalue weighted by molar-refractivity contribution is 14.1. The van der Waals surface area contributed by atoms with Gasteiger partial charge in [-0.05, 0) is 46.9 Å². The van der Waals surface area contributed by atoms with Crippen LogP contribution in [-0.2, 0) is 0 Å². The number of anilines is 1. The zero-order chi connectivity index (χ0) is 8.97. The Morgan fingerprint density at radius 3 is 2.50 bits per heavy atom. The third-order valence-corrected chi connectivity index (χ3v) is 3.15. The number of nitrogens with one attached hydrogen (secondary N) is 1. The molecular formula is C8H7BrINS. The topological polar surface area (TPSA) is 12.0 Å². The van der Waals surface area contributed by atoms with Crippen LogP contribution in [0.5, 0.6) is 0 Å². The summed E-state index contributed by atoms with van der Waals surface area (Å²) in [5, 5.41) is 3.80. The van der Waals surface area contributed by atoms with Crippen molar-refractivity contribution < 1.29 is 0 Å². The Balaban J connectivity index is 2.64. The fourth-order valence-electron chi connectivity index (χ4n) is 0.728. The molecule has 64 valence electrons. The van der Waals surface area contributed by atoms with Crippen molar-refractivity contribution in [3.05, 3.63) is 27.8 Å². The van der Waals surface area contributed by atoms with Crippen molar-refractivity contribution in [1.29, 1.82) is 0 Å². The minimum absolute atomic E-state index is 0.703. The largest absolute Gasteiger partial charge is 0.349 e. The lowest BCUT2D eigenvalue weighted by Crippen LogP contribution is -2.09. The van der Waals surface area contributed by atoms with Crippen LogP contribution in [0.15, 0.2) is 24.3 Å². The summed E-state index contributed by atoms with van der Waals surface area (Å²) < 4.78 is 1.22. The van der Waals surface area contributed by atoms with E-state index in [9.17, 15) is 0 Å². The maximum absolute atomic E-state index is 5.01. The smallest absolute Gasteiger partial charge is 0.0904 e. The van der Waals surface area contributed by atoms with Crippen LogP contribution in [-0.4, -0.2) is 10.3 Å². The summed E-state index contributed by atoms with van der Waals surface area (Å²) in [5.74, 6) is 0. The molecule has 0 unspecified atom stereocenters. The second-order valence-electron chi connectivity index (χ2n) is 2.19. The van der Waals surface area contributed by atoms with Crippen molar-refractivity contribution in [3.8, 4) is 0 Å². The lowest BCUT2D eigenvalue weighted by molar-refractivity contribution is 1.60. The van der Waals surface area contributed by atoms with Crippen LogP contribution in [0.3, 0.4) is 0 Å². The molecule has 0 aliphatic rings. The quantitative estimate of drug-likeness (QED) is 0.495. The summed E-state index contributed by atoms with van der Waals surface area (Å²) in [6.45, 7) is 0. The molecule has 1 aromatic carbocycles. The van der Waals surface area contributed by atoms with Gasteiger partial charge in [0.15, 0.2) is 0 Å². The van der Waals surface area contributed by atoms with Gasteiger partial charge in [-0.1, -0.05) is 28.1 Å². The average Bonchev–Trinajstić information content (AvgIpc) is 2.09. The third-order valence-electron chi connectivity index (χ3n) is 1.25. The van der Waals surface area contributed by atoms with Gasteiger partial charge in [0.05, 0.1) is 10.3 Å². The molecule has 1 rings (SSSR count). The number of thiocarbonyl (C=S) groups is 1. The van der Waals surface area contributed by atoms with Gasteiger partial charge < -0.3 is 5.32 Å². The molecule has 1 aromatic rings. The molecule has 4 heteroatoms. The van der Waals surface area contributed by atoms with Crippen LogP contribution >= 0.6 is 50.7 Å². The normalized spacial score (nSPS) is 9.50. The number of alkyl halides is 1. The predicted octanol–water partition coefficient (Wildman–Crippen LogP) is 3.43. The molecule has 0 fully saturated rings. The summed E-state index contributed by atoms with van der Waals surface area (Å²) in [6, 6.07) is 8.10. The van der Waals surface area contributed by atoms with Gasteiger partial charge in [0.25, 0.3) is 0 Å². The van der Waals surface area contributed by atoms with Crippen molar-refractivity contribution in [2.45, 2.75) is 0 Å². The Hall–Kier alpha value is 0.320. The first-order chi connectivity index (χ1) is 5.72. The maximum atomic E-state index is 5.01. The second-order valence-corrected chi connectivity index (χ2v) is 4.49. The van der Waals surface area contributed by atoms with Crippen molar-refractivity contribution in [2.75, 3.05) is 10.6 Å². The average molecular weight is 356 g/mol. The van der Waals surface area contributed by atoms with E-state index in [1.165, 1.54) is 3.57 Å². The molecule has 0 bridgehead atoms. The van der Waals surface area contributed by atoms with E-state index in [4.69, 9.17) is 12.2 Å². The summed E-state index contributed by atoms with van der Waals surface area (Å²) in [7, 11) is 0. The van der Waals surface area contributed by atoms with E-state index in [-0.39, 0.29) is 0 Å². The van der Waals surface area contributed by atoms with E-state index >= 15 is 0 Å². The summed E-state index contributed by atoms with van der Waals surface area (Å²) in [4.78, 5) is 0.802. The van der Waals surface area contributed by atoms with E-state index in [1.54, 1.807) is 0 Å². The van der Waals surface area contributed by atoms with Gasteiger partial charge in [0.2, 0.25) is 0 Å². The van der Waals surface area contributed by atoms with Crippen molar-refractivity contribution in [2.24, 2.45) is 0 Å². The lowest BCUT2D eigenvalue weighted by Gasteiger charge is -2.04. The number of rotatable bonds is 2. The molecule has 0 atom stereocenters. The van der Waals surface area contributed by atoms with Gasteiger partial charge in [-0.15, -0.1) is 0 Å². The molecule has 0 radical (unpaired) electrons. The molecule has 0 spiro atoms. The zero-order valence-electron chi connectivity index (χ0n) is 6.18. The molecule has 0 aliphatic heterocycles. The van der Waals surface area contributed by atoms with E-state index in [0.717, 1.165) is 10.7 Å². The van der Waals surface area contributed by atoms with Crippen LogP contribution < -0.4 is 5.32 Å². The van der Waals surface area contributed by atoms with E-state index in [0.29, 0.717) is 5.33 Å². The molecule has 0 aromatic heterocycles. The fourth-order valence-corrected chi connectivity index (χ4v) is 1.35. The van der Waals surface area contributed by atoms with Gasteiger partial charge in [-0.25, -0.2) is 0 Å². The summed E-state index contributed by atoms with van der Waals surface area (Å²) in [6.07, 6.45) is 0. The van der Waals surface area contributed by atoms with Crippen LogP contribution in [0, 0.1) is 3.57 Å². The molecule has 12 heavy (non-hydrogen) atoms.